The van der Waals surface area contributed by atoms with Gasteiger partial charge in [0, 0.05) is 10.9 Å². The van der Waals surface area contributed by atoms with Crippen LogP contribution in [0.4, 0.5) is 0 Å². The van der Waals surface area contributed by atoms with Crippen molar-refractivity contribution < 1.29 is 0 Å². The first-order valence-electron chi connectivity index (χ1n) is 6.50. The molecular weight excluding hydrogens is 298 g/mol. The Morgan fingerprint density at radius 3 is 2.86 bits per heavy atom. The van der Waals surface area contributed by atoms with E-state index >= 15 is 0 Å². The highest BCUT2D eigenvalue weighted by Gasteiger charge is 2.13. The van der Waals surface area contributed by atoms with E-state index in [-0.39, 0.29) is 0 Å². The lowest BCUT2D eigenvalue weighted by Gasteiger charge is -2.06. The molecule has 2 heterocycles. The Kier molecular flexibility index (Phi) is 3.91. The normalized spacial score (nSPS) is 10.7. The van der Waals surface area contributed by atoms with Crippen molar-refractivity contribution in [1.29, 1.82) is 5.26 Å². The smallest absolute Gasteiger partial charge is 0.128 e. The molecule has 0 N–H and O–H groups in total. The van der Waals surface area contributed by atoms with Crippen molar-refractivity contribution in [3.63, 3.8) is 0 Å². The summed E-state index contributed by atoms with van der Waals surface area (Å²) in [5.41, 5.74) is 4.89. The lowest BCUT2D eigenvalue weighted by atomic mass is 10.0. The quantitative estimate of drug-likeness (QED) is 0.524. The summed E-state index contributed by atoms with van der Waals surface area (Å²) in [7, 11) is 0. The van der Waals surface area contributed by atoms with Crippen LogP contribution in [0.3, 0.4) is 0 Å². The number of benzene rings is 1. The summed E-state index contributed by atoms with van der Waals surface area (Å²) in [6.07, 6.45) is 1.57. The van der Waals surface area contributed by atoms with Crippen molar-refractivity contribution in [3.8, 4) is 17.2 Å². The minimum absolute atomic E-state index is 0.397. The molecule has 1 aromatic carbocycles. The van der Waals surface area contributed by atoms with E-state index in [0.717, 1.165) is 20.8 Å². The third-order valence-electron chi connectivity index (χ3n) is 3.43. The number of aromatic nitrogens is 2. The Morgan fingerprint density at radius 1 is 1.24 bits per heavy atom. The molecule has 3 nitrogen and oxygen atoms in total. The van der Waals surface area contributed by atoms with Crippen LogP contribution in [0.15, 0.2) is 34.9 Å². The molecule has 0 unspecified atom stereocenters. The maximum atomic E-state index is 8.79. The summed E-state index contributed by atoms with van der Waals surface area (Å²) in [6, 6.07) is 8.63. The molecule has 104 valence electrons. The molecule has 2 aromatic heterocycles. The zero-order valence-corrected chi connectivity index (χ0v) is 13.4. The van der Waals surface area contributed by atoms with Crippen molar-refractivity contribution in [1.82, 2.24) is 9.97 Å². The highest BCUT2D eigenvalue weighted by molar-refractivity contribution is 7.99. The second-order valence-electron chi connectivity index (χ2n) is 4.75. The number of nitrogens with zero attached hydrogens (tertiary/aromatic N) is 3. The Bertz CT molecular complexity index is 846. The summed E-state index contributed by atoms with van der Waals surface area (Å²) < 4.78 is 0. The Morgan fingerprint density at radius 2 is 2.10 bits per heavy atom. The van der Waals surface area contributed by atoms with Crippen LogP contribution >= 0.6 is 23.1 Å². The number of hydrogen-bond acceptors (Lipinski definition) is 5. The van der Waals surface area contributed by atoms with Crippen molar-refractivity contribution in [2.45, 2.75) is 18.9 Å². The topological polar surface area (TPSA) is 49.6 Å². The monoisotopic (exact) mass is 311 g/mol. The van der Waals surface area contributed by atoms with Gasteiger partial charge in [-0.3, -0.25) is 0 Å². The summed E-state index contributed by atoms with van der Waals surface area (Å²) in [5.74, 6) is 0.397. The van der Waals surface area contributed by atoms with Gasteiger partial charge in [-0.25, -0.2) is 9.97 Å². The van der Waals surface area contributed by atoms with Gasteiger partial charge in [-0.2, -0.15) is 5.26 Å². The lowest BCUT2D eigenvalue weighted by Crippen LogP contribution is -1.87. The molecule has 0 amide bonds. The van der Waals surface area contributed by atoms with Gasteiger partial charge in [0.25, 0.3) is 0 Å². The van der Waals surface area contributed by atoms with Gasteiger partial charge in [0.05, 0.1) is 17.2 Å². The number of fused-ring (bicyclic) bond motifs is 1. The van der Waals surface area contributed by atoms with Gasteiger partial charge in [-0.15, -0.1) is 11.3 Å². The van der Waals surface area contributed by atoms with Gasteiger partial charge >= 0.3 is 0 Å². The van der Waals surface area contributed by atoms with Gasteiger partial charge in [0.2, 0.25) is 0 Å². The second-order valence-corrected chi connectivity index (χ2v) is 6.58. The molecule has 0 aliphatic rings. The minimum atomic E-state index is 0.397. The van der Waals surface area contributed by atoms with Crippen molar-refractivity contribution in [2.24, 2.45) is 0 Å². The molecule has 0 aliphatic carbocycles. The summed E-state index contributed by atoms with van der Waals surface area (Å²) in [4.78, 5) is 9.67. The fraction of sp³-hybridized carbons (Fsp3) is 0.188. The number of aryl methyl sites for hydroxylation is 2. The maximum absolute atomic E-state index is 8.79. The standard InChI is InChI=1S/C16H13N3S2/c1-10-3-4-12(7-11(10)2)13-8-21-16-14(13)15(18-9-19-16)20-6-5-17/h3-4,7-9H,6H2,1-2H3. The maximum Gasteiger partial charge on any atom is 0.128 e. The first-order chi connectivity index (χ1) is 10.2. The lowest BCUT2D eigenvalue weighted by molar-refractivity contribution is 1.11. The van der Waals surface area contributed by atoms with E-state index < -0.39 is 0 Å². The third-order valence-corrected chi connectivity index (χ3v) is 5.17. The molecule has 0 aliphatic heterocycles. The zero-order valence-electron chi connectivity index (χ0n) is 11.8. The van der Waals surface area contributed by atoms with Crippen molar-refractivity contribution >= 4 is 33.3 Å². The molecule has 0 bridgehead atoms. The molecule has 0 fully saturated rings. The van der Waals surface area contributed by atoms with Crippen LogP contribution in [0, 0.1) is 25.2 Å². The van der Waals surface area contributed by atoms with E-state index in [0.29, 0.717) is 5.75 Å². The van der Waals surface area contributed by atoms with E-state index in [4.69, 9.17) is 5.26 Å². The Balaban J connectivity index is 2.18. The van der Waals surface area contributed by atoms with Gasteiger partial charge in [0.1, 0.15) is 16.2 Å². The van der Waals surface area contributed by atoms with Gasteiger partial charge in [-0.1, -0.05) is 30.0 Å². The predicted molar refractivity (Wildman–Crippen MR) is 88.7 cm³/mol. The second kappa shape index (κ2) is 5.84. The Hall–Kier alpha value is -1.90. The largest absolute Gasteiger partial charge is 0.229 e. The average Bonchev–Trinajstić information content (AvgIpc) is 2.92. The van der Waals surface area contributed by atoms with E-state index in [1.165, 1.54) is 28.5 Å². The van der Waals surface area contributed by atoms with Crippen LogP contribution in [0.5, 0.6) is 0 Å². The van der Waals surface area contributed by atoms with E-state index in [1.54, 1.807) is 17.7 Å². The first-order valence-corrected chi connectivity index (χ1v) is 8.37. The van der Waals surface area contributed by atoms with E-state index in [1.807, 2.05) is 0 Å². The highest BCUT2D eigenvalue weighted by atomic mass is 32.2. The minimum Gasteiger partial charge on any atom is -0.229 e. The van der Waals surface area contributed by atoms with Gasteiger partial charge < -0.3 is 0 Å². The summed E-state index contributed by atoms with van der Waals surface area (Å²) >= 11 is 3.08. The molecule has 0 atom stereocenters. The predicted octanol–water partition coefficient (Wildman–Crippen LogP) is 4.59. The van der Waals surface area contributed by atoms with E-state index in [9.17, 15) is 0 Å². The molecule has 3 rings (SSSR count). The molecule has 3 aromatic rings. The molecule has 21 heavy (non-hydrogen) atoms. The zero-order chi connectivity index (χ0) is 14.8. The van der Waals surface area contributed by atoms with Crippen LogP contribution in [0.2, 0.25) is 0 Å². The van der Waals surface area contributed by atoms with Crippen LogP contribution in [-0.4, -0.2) is 15.7 Å². The average molecular weight is 311 g/mol. The molecule has 0 spiro atoms. The number of nitriles is 1. The molecule has 0 saturated heterocycles. The number of thioether (sulfide) groups is 1. The van der Waals surface area contributed by atoms with E-state index in [2.05, 4.69) is 53.5 Å². The number of rotatable bonds is 3. The van der Waals surface area contributed by atoms with Crippen LogP contribution < -0.4 is 0 Å². The molecule has 0 radical (unpaired) electrons. The number of hydrogen-bond donors (Lipinski definition) is 0. The highest BCUT2D eigenvalue weighted by Crippen LogP contribution is 2.38. The van der Waals surface area contributed by atoms with Crippen LogP contribution in [-0.2, 0) is 0 Å². The van der Waals surface area contributed by atoms with Crippen molar-refractivity contribution in [3.05, 3.63) is 41.0 Å². The fourth-order valence-electron chi connectivity index (χ4n) is 2.18. The molecular formula is C16H13N3S2. The summed E-state index contributed by atoms with van der Waals surface area (Å²) in [5, 5.41) is 12.9. The third kappa shape index (κ3) is 2.65. The molecule has 0 saturated carbocycles. The number of thiophene rings is 1. The first kappa shape index (κ1) is 14.1. The van der Waals surface area contributed by atoms with Gasteiger partial charge in [0.15, 0.2) is 0 Å². The fourth-order valence-corrected chi connectivity index (χ4v) is 3.83. The van der Waals surface area contributed by atoms with Crippen molar-refractivity contribution in [2.75, 3.05) is 5.75 Å². The van der Waals surface area contributed by atoms with Crippen LogP contribution in [0.25, 0.3) is 21.3 Å². The van der Waals surface area contributed by atoms with Gasteiger partial charge in [-0.05, 0) is 30.5 Å². The molecule has 5 heteroatoms. The Labute approximate surface area is 131 Å². The van der Waals surface area contributed by atoms with Crippen LogP contribution in [0.1, 0.15) is 11.1 Å². The summed E-state index contributed by atoms with van der Waals surface area (Å²) in [6.45, 7) is 4.23. The SMILES string of the molecule is Cc1ccc(-c2csc3ncnc(SCC#N)c23)cc1C.